The van der Waals surface area contributed by atoms with Gasteiger partial charge in [-0.1, -0.05) is 12.1 Å². The molecule has 0 saturated heterocycles. The number of carbonyl (C=O) groups is 2. The van der Waals surface area contributed by atoms with Gasteiger partial charge in [-0.05, 0) is 25.0 Å². The van der Waals surface area contributed by atoms with E-state index in [9.17, 15) is 9.59 Å². The molecular weight excluding hydrogens is 262 g/mol. The average Bonchev–Trinajstić information content (AvgIpc) is 2.43. The summed E-state index contributed by atoms with van der Waals surface area (Å²) in [4.78, 5) is 30.2. The lowest BCUT2D eigenvalue weighted by Gasteiger charge is -2.08. The van der Waals surface area contributed by atoms with E-state index in [0.29, 0.717) is 11.0 Å². The van der Waals surface area contributed by atoms with Gasteiger partial charge in [-0.25, -0.2) is 14.8 Å². The summed E-state index contributed by atoms with van der Waals surface area (Å²) in [5.74, 6) is -2.32. The zero-order chi connectivity index (χ0) is 14.7. The molecule has 20 heavy (non-hydrogen) atoms. The van der Waals surface area contributed by atoms with Gasteiger partial charge in [0.25, 0.3) is 0 Å². The van der Waals surface area contributed by atoms with E-state index >= 15 is 0 Å². The highest BCUT2D eigenvalue weighted by atomic mass is 16.4. The summed E-state index contributed by atoms with van der Waals surface area (Å²) >= 11 is 0. The van der Waals surface area contributed by atoms with Crippen molar-refractivity contribution in [3.05, 3.63) is 35.7 Å². The number of benzene rings is 1. The number of aromatic carboxylic acids is 1. The van der Waals surface area contributed by atoms with Crippen LogP contribution in [0.25, 0.3) is 11.0 Å². The molecule has 0 bridgehead atoms. The number of rotatable bonds is 5. The van der Waals surface area contributed by atoms with Crippen LogP contribution in [0.15, 0.2) is 24.3 Å². The third-order valence-electron chi connectivity index (χ3n) is 2.85. The van der Waals surface area contributed by atoms with Crippen molar-refractivity contribution in [2.24, 2.45) is 5.73 Å². The molecule has 104 valence electrons. The van der Waals surface area contributed by atoms with Gasteiger partial charge in [-0.2, -0.15) is 0 Å². The van der Waals surface area contributed by atoms with E-state index < -0.39 is 18.0 Å². The second-order valence-electron chi connectivity index (χ2n) is 4.30. The van der Waals surface area contributed by atoms with Crippen LogP contribution in [0.4, 0.5) is 0 Å². The Morgan fingerprint density at radius 2 is 1.75 bits per heavy atom. The largest absolute Gasteiger partial charge is 0.480 e. The van der Waals surface area contributed by atoms with Crippen LogP contribution in [0.5, 0.6) is 0 Å². The molecule has 1 aromatic carbocycles. The van der Waals surface area contributed by atoms with Crippen molar-refractivity contribution in [1.29, 1.82) is 0 Å². The maximum Gasteiger partial charge on any atom is 0.356 e. The summed E-state index contributed by atoms with van der Waals surface area (Å²) in [6.07, 6.45) is 0.246. The molecule has 4 N–H and O–H groups in total. The lowest BCUT2D eigenvalue weighted by molar-refractivity contribution is -0.138. The number of para-hydroxylation sites is 2. The second-order valence-corrected chi connectivity index (χ2v) is 4.30. The number of aliphatic carboxylic acids is 1. The number of nitrogens with zero attached hydrogens (tertiary/aromatic N) is 2. The summed E-state index contributed by atoms with van der Waals surface area (Å²) in [5.41, 5.74) is 6.53. The van der Waals surface area contributed by atoms with Gasteiger partial charge < -0.3 is 15.9 Å². The van der Waals surface area contributed by atoms with Crippen molar-refractivity contribution in [1.82, 2.24) is 9.97 Å². The topological polar surface area (TPSA) is 126 Å². The van der Waals surface area contributed by atoms with Gasteiger partial charge in [0.05, 0.1) is 16.7 Å². The lowest BCUT2D eigenvalue weighted by atomic mass is 10.1. The normalized spacial score (nSPS) is 12.2. The van der Waals surface area contributed by atoms with Gasteiger partial charge in [0.15, 0.2) is 5.69 Å². The third-order valence-corrected chi connectivity index (χ3v) is 2.85. The predicted molar refractivity (Wildman–Crippen MR) is 70.4 cm³/mol. The third kappa shape index (κ3) is 2.89. The Bertz CT molecular complexity index is 672. The Kier molecular flexibility index (Phi) is 3.90. The van der Waals surface area contributed by atoms with Crippen LogP contribution in [-0.2, 0) is 11.2 Å². The summed E-state index contributed by atoms with van der Waals surface area (Å²) in [7, 11) is 0. The van der Waals surface area contributed by atoms with Gasteiger partial charge in [0.2, 0.25) is 0 Å². The average molecular weight is 275 g/mol. The maximum absolute atomic E-state index is 11.2. The zero-order valence-electron chi connectivity index (χ0n) is 10.5. The number of aromatic nitrogens is 2. The van der Waals surface area contributed by atoms with Gasteiger partial charge in [-0.3, -0.25) is 4.79 Å². The Morgan fingerprint density at radius 3 is 2.30 bits per heavy atom. The first kappa shape index (κ1) is 13.9. The molecule has 2 rings (SSSR count). The molecule has 0 aliphatic carbocycles. The van der Waals surface area contributed by atoms with E-state index in [0.717, 1.165) is 0 Å². The summed E-state index contributed by atoms with van der Waals surface area (Å²) in [6.45, 7) is 0. The molecule has 0 saturated carbocycles. The minimum absolute atomic E-state index is 0.0998. The van der Waals surface area contributed by atoms with Crippen molar-refractivity contribution in [2.75, 3.05) is 0 Å². The van der Waals surface area contributed by atoms with Gasteiger partial charge in [0, 0.05) is 0 Å². The van der Waals surface area contributed by atoms with Crippen LogP contribution >= 0.6 is 0 Å². The fourth-order valence-corrected chi connectivity index (χ4v) is 1.80. The molecule has 7 nitrogen and oxygen atoms in total. The standard InChI is InChI=1S/C13H13N3O4/c14-7(12(17)18)5-6-10-11(13(19)20)16-9-4-2-1-3-8(9)15-10/h1-4,7H,5-6,14H2,(H,17,18)(H,19,20)/t7-/m0/s1. The molecule has 7 heteroatoms. The second kappa shape index (κ2) is 5.62. The van der Waals surface area contributed by atoms with Crippen LogP contribution in [0, 0.1) is 0 Å². The number of hydrogen-bond acceptors (Lipinski definition) is 5. The first-order chi connectivity index (χ1) is 9.49. The Hall–Kier alpha value is -2.54. The summed E-state index contributed by atoms with van der Waals surface area (Å²) in [5, 5.41) is 17.9. The molecular formula is C13H13N3O4. The highest BCUT2D eigenvalue weighted by molar-refractivity contribution is 5.89. The van der Waals surface area contributed by atoms with E-state index in [4.69, 9.17) is 15.9 Å². The number of nitrogens with two attached hydrogens (primary N) is 1. The molecule has 0 unspecified atom stereocenters. The molecule has 0 radical (unpaired) electrons. The Morgan fingerprint density at radius 1 is 1.15 bits per heavy atom. The van der Waals surface area contributed by atoms with Crippen molar-refractivity contribution < 1.29 is 19.8 Å². The van der Waals surface area contributed by atoms with E-state index in [1.54, 1.807) is 24.3 Å². The SMILES string of the molecule is N[C@@H](CCc1nc2ccccc2nc1C(=O)O)C(=O)O. The van der Waals surface area contributed by atoms with E-state index in [1.807, 2.05) is 0 Å². The molecule has 2 aromatic rings. The first-order valence-corrected chi connectivity index (χ1v) is 5.96. The van der Waals surface area contributed by atoms with Crippen molar-refractivity contribution in [3.63, 3.8) is 0 Å². The molecule has 0 aliphatic rings. The highest BCUT2D eigenvalue weighted by Gasteiger charge is 2.18. The minimum atomic E-state index is -1.19. The predicted octanol–water partition coefficient (Wildman–Crippen LogP) is 0.672. The van der Waals surface area contributed by atoms with E-state index in [1.165, 1.54) is 0 Å². The maximum atomic E-state index is 11.2. The quantitative estimate of drug-likeness (QED) is 0.732. The summed E-state index contributed by atoms with van der Waals surface area (Å²) in [6, 6.07) is 5.84. The number of hydrogen-bond donors (Lipinski definition) is 3. The number of carboxylic acids is 2. The fourth-order valence-electron chi connectivity index (χ4n) is 1.80. The van der Waals surface area contributed by atoms with Crippen LogP contribution < -0.4 is 5.73 Å². The molecule has 1 atom stereocenters. The van der Waals surface area contributed by atoms with Gasteiger partial charge in [0.1, 0.15) is 6.04 Å². The van der Waals surface area contributed by atoms with Gasteiger partial charge in [-0.15, -0.1) is 0 Å². The minimum Gasteiger partial charge on any atom is -0.480 e. The zero-order valence-corrected chi connectivity index (χ0v) is 10.5. The number of aryl methyl sites for hydroxylation is 1. The highest BCUT2D eigenvalue weighted by Crippen LogP contribution is 2.14. The van der Waals surface area contributed by atoms with Crippen LogP contribution in [0.2, 0.25) is 0 Å². The Balaban J connectivity index is 2.37. The lowest BCUT2D eigenvalue weighted by Crippen LogP contribution is -2.30. The van der Waals surface area contributed by atoms with Crippen LogP contribution in [0.1, 0.15) is 22.6 Å². The number of carboxylic acid groups (broad SMARTS) is 2. The molecule has 0 amide bonds. The van der Waals surface area contributed by atoms with Crippen molar-refractivity contribution >= 4 is 23.0 Å². The monoisotopic (exact) mass is 275 g/mol. The van der Waals surface area contributed by atoms with Gasteiger partial charge >= 0.3 is 11.9 Å². The smallest absolute Gasteiger partial charge is 0.356 e. The summed E-state index contributed by atoms with van der Waals surface area (Å²) < 4.78 is 0. The van der Waals surface area contributed by atoms with Crippen molar-refractivity contribution in [3.8, 4) is 0 Å². The molecule has 1 aromatic heterocycles. The fraction of sp³-hybridized carbons (Fsp3) is 0.231. The Labute approximate surface area is 114 Å². The molecule has 0 aliphatic heterocycles. The van der Waals surface area contributed by atoms with Crippen molar-refractivity contribution in [2.45, 2.75) is 18.9 Å². The number of fused-ring (bicyclic) bond motifs is 1. The first-order valence-electron chi connectivity index (χ1n) is 5.96. The molecule has 1 heterocycles. The van der Waals surface area contributed by atoms with Crippen LogP contribution in [-0.4, -0.2) is 38.2 Å². The molecule has 0 fully saturated rings. The van der Waals surface area contributed by atoms with Crippen LogP contribution in [0.3, 0.4) is 0 Å². The van der Waals surface area contributed by atoms with E-state index in [2.05, 4.69) is 9.97 Å². The van der Waals surface area contributed by atoms with E-state index in [-0.39, 0.29) is 24.2 Å². The molecule has 0 spiro atoms.